The number of carbonyl (C=O) groups excluding carboxylic acids is 2. The molecule has 0 saturated carbocycles. The molecule has 1 rings (SSSR count). The predicted molar refractivity (Wildman–Crippen MR) is 70.3 cm³/mol. The van der Waals surface area contributed by atoms with E-state index >= 15 is 0 Å². The molecule has 6 heteroatoms. The molecule has 0 bridgehead atoms. The minimum Gasteiger partial charge on any atom is -0.352 e. The van der Waals surface area contributed by atoms with E-state index in [4.69, 9.17) is 0 Å². The number of rotatable bonds is 2. The van der Waals surface area contributed by atoms with Crippen molar-refractivity contribution in [3.05, 3.63) is 0 Å². The molecule has 92 valence electrons. The van der Waals surface area contributed by atoms with Gasteiger partial charge in [-0.1, -0.05) is 39.3 Å². The van der Waals surface area contributed by atoms with Crippen LogP contribution in [0.1, 0.15) is 6.42 Å². The third-order valence-electron chi connectivity index (χ3n) is 2.70. The Morgan fingerprint density at radius 1 is 0.938 bits per heavy atom. The Morgan fingerprint density at radius 3 is 1.81 bits per heavy atom. The number of imide groups is 1. The number of hydrogen-bond donors (Lipinski definition) is 0. The Hall–Kier alpha value is -0.626. The first kappa shape index (κ1) is 13.4. The molecule has 0 aromatic heterocycles. The summed E-state index contributed by atoms with van der Waals surface area (Å²) in [7, 11) is -3.55. The Labute approximate surface area is 99.8 Å². The minimum atomic E-state index is -1.89. The molecule has 0 aliphatic carbocycles. The molecule has 0 aromatic carbocycles. The van der Waals surface area contributed by atoms with Crippen LogP contribution in [0.5, 0.6) is 0 Å². The van der Waals surface area contributed by atoms with Crippen LogP contribution < -0.4 is 0 Å². The standard InChI is InChI=1S/C10H22N2O2Si2/c1-15(2,3)11-8-7-9(13)12(10(11)14)16(4,5)6/h7-8H2,1-6H3. The highest BCUT2D eigenvalue weighted by Crippen LogP contribution is 2.23. The largest absolute Gasteiger partial charge is 0.352 e. The van der Waals surface area contributed by atoms with Crippen LogP contribution in [-0.4, -0.2) is 44.1 Å². The maximum atomic E-state index is 12.3. The van der Waals surface area contributed by atoms with Crippen molar-refractivity contribution in [1.29, 1.82) is 0 Å². The van der Waals surface area contributed by atoms with Gasteiger partial charge in [-0.15, -0.1) is 0 Å². The molecule has 0 spiro atoms. The summed E-state index contributed by atoms with van der Waals surface area (Å²) in [6.45, 7) is 13.1. The first-order chi connectivity index (χ1) is 7.05. The minimum absolute atomic E-state index is 0.0127. The van der Waals surface area contributed by atoms with Gasteiger partial charge in [-0.25, -0.2) is 4.79 Å². The molecule has 0 N–H and O–H groups in total. The number of carbonyl (C=O) groups is 2. The fraction of sp³-hybridized carbons (Fsp3) is 0.800. The summed E-state index contributed by atoms with van der Waals surface area (Å²) in [4.78, 5) is 24.2. The summed E-state index contributed by atoms with van der Waals surface area (Å²) in [6.07, 6.45) is 0.486. The Kier molecular flexibility index (Phi) is 3.35. The summed E-state index contributed by atoms with van der Waals surface area (Å²) in [5.41, 5.74) is 0. The van der Waals surface area contributed by atoms with Crippen LogP contribution in [0.2, 0.25) is 39.3 Å². The van der Waals surface area contributed by atoms with E-state index in [1.807, 2.05) is 24.2 Å². The van der Waals surface area contributed by atoms with E-state index < -0.39 is 16.5 Å². The molecule has 4 nitrogen and oxygen atoms in total. The van der Waals surface area contributed by atoms with E-state index in [0.29, 0.717) is 13.0 Å². The van der Waals surface area contributed by atoms with E-state index in [0.717, 1.165) is 0 Å². The van der Waals surface area contributed by atoms with Gasteiger partial charge >= 0.3 is 6.03 Å². The van der Waals surface area contributed by atoms with Gasteiger partial charge in [0.25, 0.3) is 0 Å². The van der Waals surface area contributed by atoms with Gasteiger partial charge in [-0.05, 0) is 0 Å². The first-order valence-electron chi connectivity index (χ1n) is 5.70. The lowest BCUT2D eigenvalue weighted by Gasteiger charge is -2.45. The highest BCUT2D eigenvalue weighted by molar-refractivity contribution is 6.80. The number of nitrogens with zero attached hydrogens (tertiary/aromatic N) is 2. The molecule has 0 atom stereocenters. The van der Waals surface area contributed by atoms with Gasteiger partial charge in [-0.2, -0.15) is 0 Å². The second-order valence-corrected chi connectivity index (χ2v) is 15.9. The summed E-state index contributed by atoms with van der Waals surface area (Å²) in [5.74, 6) is 0.0127. The third-order valence-corrected chi connectivity index (χ3v) is 6.52. The zero-order valence-corrected chi connectivity index (χ0v) is 13.1. The van der Waals surface area contributed by atoms with Crippen molar-refractivity contribution < 1.29 is 9.59 Å². The molecule has 1 aliphatic rings. The Balaban J connectivity index is 3.02. The van der Waals surface area contributed by atoms with Crippen molar-refractivity contribution in [2.24, 2.45) is 0 Å². The van der Waals surface area contributed by atoms with Gasteiger partial charge in [0, 0.05) is 13.0 Å². The van der Waals surface area contributed by atoms with Crippen LogP contribution in [0.25, 0.3) is 0 Å². The van der Waals surface area contributed by atoms with Crippen LogP contribution in [0, 0.1) is 0 Å². The zero-order chi connectivity index (χ0) is 12.7. The van der Waals surface area contributed by atoms with Gasteiger partial charge in [-0.3, -0.25) is 9.36 Å². The van der Waals surface area contributed by atoms with E-state index in [9.17, 15) is 9.59 Å². The molecule has 1 fully saturated rings. The van der Waals surface area contributed by atoms with E-state index in [2.05, 4.69) is 19.6 Å². The van der Waals surface area contributed by atoms with Gasteiger partial charge in [0.1, 0.15) is 0 Å². The topological polar surface area (TPSA) is 40.6 Å². The molecule has 1 saturated heterocycles. The quantitative estimate of drug-likeness (QED) is 0.713. The first-order valence-corrected chi connectivity index (χ1v) is 12.6. The average molecular weight is 258 g/mol. The molecule has 1 aliphatic heterocycles. The summed E-state index contributed by atoms with van der Waals surface area (Å²) in [5, 5.41) is 0. The molecule has 0 radical (unpaired) electrons. The molecule has 0 aromatic rings. The highest BCUT2D eigenvalue weighted by atomic mass is 28.3. The predicted octanol–water partition coefficient (Wildman–Crippen LogP) is 2.31. The van der Waals surface area contributed by atoms with Crippen LogP contribution in [0.15, 0.2) is 0 Å². The fourth-order valence-corrected chi connectivity index (χ4v) is 5.04. The summed E-state index contributed by atoms with van der Waals surface area (Å²) in [6, 6.07) is -0.0467. The smallest absolute Gasteiger partial charge is 0.310 e. The number of hydrogen-bond acceptors (Lipinski definition) is 2. The molecular weight excluding hydrogens is 236 g/mol. The normalized spacial score (nSPS) is 19.4. The monoisotopic (exact) mass is 258 g/mol. The molecule has 3 amide bonds. The van der Waals surface area contributed by atoms with Gasteiger partial charge in [0.05, 0.1) is 0 Å². The lowest BCUT2D eigenvalue weighted by Crippen LogP contribution is -2.66. The van der Waals surface area contributed by atoms with Crippen LogP contribution in [0.4, 0.5) is 4.79 Å². The zero-order valence-electron chi connectivity index (χ0n) is 11.1. The summed E-state index contributed by atoms with van der Waals surface area (Å²) < 4.78 is 3.49. The van der Waals surface area contributed by atoms with Gasteiger partial charge in [0.15, 0.2) is 16.5 Å². The van der Waals surface area contributed by atoms with Gasteiger partial charge in [0.2, 0.25) is 5.91 Å². The van der Waals surface area contributed by atoms with Crippen LogP contribution >= 0.6 is 0 Å². The third kappa shape index (κ3) is 2.54. The SMILES string of the molecule is C[Si](C)(C)N1CCC(=O)N([Si](C)(C)C)C1=O. The lowest BCUT2D eigenvalue weighted by atomic mass is 10.3. The van der Waals surface area contributed by atoms with E-state index in [-0.39, 0.29) is 11.9 Å². The Bertz CT molecular complexity index is 318. The second-order valence-electron chi connectivity index (χ2n) is 6.26. The highest BCUT2D eigenvalue weighted by Gasteiger charge is 2.43. The molecule has 1 heterocycles. The van der Waals surface area contributed by atoms with Crippen molar-refractivity contribution in [1.82, 2.24) is 9.13 Å². The van der Waals surface area contributed by atoms with Crippen molar-refractivity contribution in [2.75, 3.05) is 6.54 Å². The second kappa shape index (κ2) is 3.99. The molecular formula is C10H22N2O2Si2. The maximum absolute atomic E-state index is 12.3. The van der Waals surface area contributed by atoms with Crippen molar-refractivity contribution >= 4 is 28.4 Å². The van der Waals surface area contributed by atoms with Gasteiger partial charge < -0.3 is 4.57 Å². The van der Waals surface area contributed by atoms with Crippen molar-refractivity contribution in [3.63, 3.8) is 0 Å². The Morgan fingerprint density at radius 2 is 1.44 bits per heavy atom. The van der Waals surface area contributed by atoms with Crippen molar-refractivity contribution in [3.8, 4) is 0 Å². The fourth-order valence-electron chi connectivity index (χ4n) is 1.93. The number of urea groups is 1. The molecule has 0 unspecified atom stereocenters. The number of amides is 3. The molecule has 16 heavy (non-hydrogen) atoms. The summed E-state index contributed by atoms with van der Waals surface area (Å²) >= 11 is 0. The lowest BCUT2D eigenvalue weighted by molar-refractivity contribution is -0.126. The van der Waals surface area contributed by atoms with E-state index in [1.165, 1.54) is 0 Å². The maximum Gasteiger partial charge on any atom is 0.310 e. The van der Waals surface area contributed by atoms with Crippen molar-refractivity contribution in [2.45, 2.75) is 45.7 Å². The van der Waals surface area contributed by atoms with Crippen LogP contribution in [0.3, 0.4) is 0 Å². The average Bonchev–Trinajstić information content (AvgIpc) is 1.97. The van der Waals surface area contributed by atoms with E-state index in [1.54, 1.807) is 4.57 Å². The van der Waals surface area contributed by atoms with Crippen LogP contribution in [-0.2, 0) is 4.79 Å².